The first-order valence-corrected chi connectivity index (χ1v) is 9.80. The van der Waals surface area contributed by atoms with Gasteiger partial charge in [0.15, 0.2) is 0 Å². The fourth-order valence-corrected chi connectivity index (χ4v) is 3.59. The lowest BCUT2D eigenvalue weighted by Gasteiger charge is -2.12. The van der Waals surface area contributed by atoms with Gasteiger partial charge in [0, 0.05) is 23.4 Å². The average molecular weight is 405 g/mol. The van der Waals surface area contributed by atoms with Crippen LogP contribution in [0.15, 0.2) is 51.7 Å². The summed E-state index contributed by atoms with van der Waals surface area (Å²) in [5.74, 6) is 1.16. The average Bonchev–Trinajstić information content (AvgIpc) is 3.17. The minimum atomic E-state index is -0.425. The van der Waals surface area contributed by atoms with Gasteiger partial charge in [-0.1, -0.05) is 12.1 Å². The smallest absolute Gasteiger partial charge is 0.339 e. The highest BCUT2D eigenvalue weighted by atomic mass is 16.5. The van der Waals surface area contributed by atoms with Crippen molar-refractivity contribution in [2.24, 2.45) is 0 Å². The van der Waals surface area contributed by atoms with Gasteiger partial charge in [-0.05, 0) is 50.1 Å². The molecule has 2 N–H and O–H groups in total. The van der Waals surface area contributed by atoms with Crippen LogP contribution < -0.4 is 15.7 Å². The number of para-hydroxylation sites is 2. The molecule has 7 nitrogen and oxygen atoms in total. The molecule has 0 aliphatic heterocycles. The van der Waals surface area contributed by atoms with Crippen LogP contribution in [0.3, 0.4) is 0 Å². The minimum absolute atomic E-state index is 0.156. The van der Waals surface area contributed by atoms with Gasteiger partial charge in [0.1, 0.15) is 17.2 Å². The molecule has 0 aliphatic rings. The van der Waals surface area contributed by atoms with E-state index >= 15 is 0 Å². The van der Waals surface area contributed by atoms with E-state index in [2.05, 4.69) is 15.3 Å². The van der Waals surface area contributed by atoms with Crippen molar-refractivity contribution >= 4 is 27.9 Å². The highest BCUT2D eigenvalue weighted by Crippen LogP contribution is 2.24. The number of carbonyl (C=O) groups is 1. The number of ether oxygens (including phenoxy) is 1. The quantitative estimate of drug-likeness (QED) is 0.476. The number of rotatable bonds is 6. The van der Waals surface area contributed by atoms with Gasteiger partial charge in [-0.15, -0.1) is 0 Å². The third-order valence-electron chi connectivity index (χ3n) is 5.29. The molecule has 1 atom stereocenters. The lowest BCUT2D eigenvalue weighted by molar-refractivity contribution is -0.121. The molecule has 1 amide bonds. The Bertz CT molecular complexity index is 1260. The van der Waals surface area contributed by atoms with Gasteiger partial charge in [0.05, 0.1) is 24.2 Å². The molecule has 0 unspecified atom stereocenters. The second-order valence-electron chi connectivity index (χ2n) is 7.28. The molecule has 0 radical (unpaired) electrons. The van der Waals surface area contributed by atoms with E-state index in [-0.39, 0.29) is 18.4 Å². The van der Waals surface area contributed by atoms with Crippen molar-refractivity contribution in [3.05, 3.63) is 69.8 Å². The van der Waals surface area contributed by atoms with Crippen molar-refractivity contribution in [1.82, 2.24) is 15.3 Å². The van der Waals surface area contributed by atoms with Crippen LogP contribution in [-0.2, 0) is 11.2 Å². The molecule has 4 aromatic rings. The van der Waals surface area contributed by atoms with E-state index in [0.717, 1.165) is 22.0 Å². The second kappa shape index (κ2) is 8.02. The Balaban J connectivity index is 1.46. The third-order valence-corrected chi connectivity index (χ3v) is 5.29. The van der Waals surface area contributed by atoms with Gasteiger partial charge in [-0.25, -0.2) is 9.78 Å². The van der Waals surface area contributed by atoms with Gasteiger partial charge in [0.25, 0.3) is 0 Å². The summed E-state index contributed by atoms with van der Waals surface area (Å²) < 4.78 is 10.6. The standard InChI is InChI=1S/C23H23N3O4/c1-13-16-9-8-15(29-3)12-20(16)30-23(28)17(13)10-11-21(27)24-14(2)22-25-18-6-4-5-7-19(18)26-22/h4-9,12,14H,10-11H2,1-3H3,(H,24,27)(H,25,26)/t14-/m1/s1. The number of hydrogen-bond donors (Lipinski definition) is 2. The molecule has 0 saturated carbocycles. The number of nitrogens with one attached hydrogen (secondary N) is 2. The molecule has 0 saturated heterocycles. The molecule has 2 aromatic heterocycles. The number of aromatic nitrogens is 2. The SMILES string of the molecule is COc1ccc2c(C)c(CCC(=O)N[C@H](C)c3nc4ccccc4[nH]3)c(=O)oc2c1. The largest absolute Gasteiger partial charge is 0.497 e. The van der Waals surface area contributed by atoms with Crippen LogP contribution in [0.1, 0.15) is 36.3 Å². The predicted molar refractivity (Wildman–Crippen MR) is 115 cm³/mol. The summed E-state index contributed by atoms with van der Waals surface area (Å²) >= 11 is 0. The Morgan fingerprint density at radius 1 is 1.27 bits per heavy atom. The lowest BCUT2D eigenvalue weighted by Crippen LogP contribution is -2.28. The summed E-state index contributed by atoms with van der Waals surface area (Å²) in [7, 11) is 1.56. The molecule has 0 aliphatic carbocycles. The van der Waals surface area contributed by atoms with Crippen molar-refractivity contribution in [2.45, 2.75) is 32.7 Å². The van der Waals surface area contributed by atoms with Gasteiger partial charge in [-0.3, -0.25) is 4.79 Å². The highest BCUT2D eigenvalue weighted by molar-refractivity contribution is 5.83. The monoisotopic (exact) mass is 405 g/mol. The summed E-state index contributed by atoms with van der Waals surface area (Å²) in [6.07, 6.45) is 0.479. The number of benzene rings is 2. The number of methoxy groups -OCH3 is 1. The van der Waals surface area contributed by atoms with Crippen molar-refractivity contribution in [1.29, 1.82) is 0 Å². The fraction of sp³-hybridized carbons (Fsp3) is 0.261. The number of imidazole rings is 1. The molecule has 0 fully saturated rings. The molecule has 0 bridgehead atoms. The number of H-pyrrole nitrogens is 1. The van der Waals surface area contributed by atoms with Gasteiger partial charge in [-0.2, -0.15) is 0 Å². The van der Waals surface area contributed by atoms with Crippen LogP contribution in [0.25, 0.3) is 22.0 Å². The predicted octanol–water partition coefficient (Wildman–Crippen LogP) is 3.80. The second-order valence-corrected chi connectivity index (χ2v) is 7.28. The molecule has 7 heteroatoms. The van der Waals surface area contributed by atoms with Gasteiger partial charge < -0.3 is 19.5 Å². The van der Waals surface area contributed by atoms with Crippen molar-refractivity contribution in [2.75, 3.05) is 7.11 Å². The van der Waals surface area contributed by atoms with Crippen LogP contribution in [0.2, 0.25) is 0 Å². The normalized spacial score (nSPS) is 12.2. The Labute approximate surface area is 173 Å². The van der Waals surface area contributed by atoms with Crippen LogP contribution in [-0.4, -0.2) is 23.0 Å². The maximum Gasteiger partial charge on any atom is 0.339 e. The maximum absolute atomic E-state index is 12.5. The van der Waals surface area contributed by atoms with Crippen molar-refractivity contribution in [3.63, 3.8) is 0 Å². The van der Waals surface area contributed by atoms with E-state index in [1.807, 2.05) is 50.2 Å². The number of nitrogens with zero attached hydrogens (tertiary/aromatic N) is 1. The van der Waals surface area contributed by atoms with Crippen molar-refractivity contribution < 1.29 is 13.9 Å². The molecule has 30 heavy (non-hydrogen) atoms. The third kappa shape index (κ3) is 3.78. The summed E-state index contributed by atoms with van der Waals surface area (Å²) in [6, 6.07) is 12.8. The summed E-state index contributed by atoms with van der Waals surface area (Å²) in [6.45, 7) is 3.74. The molecule has 154 valence electrons. The number of aryl methyl sites for hydroxylation is 1. The van der Waals surface area contributed by atoms with Gasteiger partial charge in [0.2, 0.25) is 5.91 Å². The Morgan fingerprint density at radius 2 is 2.07 bits per heavy atom. The van der Waals surface area contributed by atoms with Gasteiger partial charge >= 0.3 is 5.63 Å². The maximum atomic E-state index is 12.5. The first kappa shape index (κ1) is 19.7. The van der Waals surface area contributed by atoms with Crippen molar-refractivity contribution in [3.8, 4) is 5.75 Å². The number of aromatic amines is 1. The minimum Gasteiger partial charge on any atom is -0.497 e. The Kier molecular flexibility index (Phi) is 5.27. The number of fused-ring (bicyclic) bond motifs is 2. The fourth-order valence-electron chi connectivity index (χ4n) is 3.59. The first-order valence-electron chi connectivity index (χ1n) is 9.80. The molecular formula is C23H23N3O4. The Hall–Kier alpha value is -3.61. The molecule has 0 spiro atoms. The number of amides is 1. The van der Waals surface area contributed by atoms with E-state index in [1.165, 1.54) is 0 Å². The van der Waals surface area contributed by atoms with E-state index < -0.39 is 5.63 Å². The zero-order valence-corrected chi connectivity index (χ0v) is 17.1. The highest BCUT2D eigenvalue weighted by Gasteiger charge is 2.16. The molecule has 2 aromatic carbocycles. The topological polar surface area (TPSA) is 97.2 Å². The summed E-state index contributed by atoms with van der Waals surface area (Å²) in [5, 5.41) is 3.77. The van der Waals surface area contributed by atoms with E-state index in [1.54, 1.807) is 13.2 Å². The summed E-state index contributed by atoms with van der Waals surface area (Å²) in [5.41, 5.74) is 3.17. The van der Waals surface area contributed by atoms with Crippen LogP contribution in [0.4, 0.5) is 0 Å². The molecule has 4 rings (SSSR count). The number of hydrogen-bond acceptors (Lipinski definition) is 5. The number of carbonyl (C=O) groups excluding carboxylic acids is 1. The van der Waals surface area contributed by atoms with Crippen LogP contribution in [0.5, 0.6) is 5.75 Å². The molecule has 2 heterocycles. The molecular weight excluding hydrogens is 382 g/mol. The first-order chi connectivity index (χ1) is 14.5. The Morgan fingerprint density at radius 3 is 2.83 bits per heavy atom. The van der Waals surface area contributed by atoms with E-state index in [4.69, 9.17) is 9.15 Å². The lowest BCUT2D eigenvalue weighted by atomic mass is 10.0. The van der Waals surface area contributed by atoms with E-state index in [0.29, 0.717) is 29.1 Å². The van der Waals surface area contributed by atoms with Crippen LogP contribution >= 0.6 is 0 Å². The summed E-state index contributed by atoms with van der Waals surface area (Å²) in [4.78, 5) is 32.7. The van der Waals surface area contributed by atoms with Crippen LogP contribution in [0, 0.1) is 6.92 Å². The zero-order chi connectivity index (χ0) is 21.3. The van der Waals surface area contributed by atoms with E-state index in [9.17, 15) is 9.59 Å². The zero-order valence-electron chi connectivity index (χ0n) is 17.1.